The molecular weight excluding hydrogens is 266 g/mol. The van der Waals surface area contributed by atoms with Crippen LogP contribution in [0.15, 0.2) is 48.8 Å². The second-order valence-electron chi connectivity index (χ2n) is 4.74. The van der Waals surface area contributed by atoms with Crippen LogP contribution in [0.3, 0.4) is 0 Å². The summed E-state index contributed by atoms with van der Waals surface area (Å²) in [6.45, 7) is 3.34. The smallest absolute Gasteiger partial charge is 0.251 e. The Labute approximate surface area is 123 Å². The van der Waals surface area contributed by atoms with Crippen LogP contribution >= 0.6 is 0 Å². The molecule has 0 aliphatic carbocycles. The van der Waals surface area contributed by atoms with E-state index in [1.807, 2.05) is 19.1 Å². The molecule has 108 valence electrons. The second-order valence-corrected chi connectivity index (χ2v) is 4.74. The number of rotatable bonds is 4. The summed E-state index contributed by atoms with van der Waals surface area (Å²) in [5.74, 6) is -0.357. The van der Waals surface area contributed by atoms with Crippen molar-refractivity contribution in [3.8, 4) is 0 Å². The maximum Gasteiger partial charge on any atom is 0.251 e. The van der Waals surface area contributed by atoms with Crippen LogP contribution in [-0.2, 0) is 4.79 Å². The van der Waals surface area contributed by atoms with Crippen LogP contribution in [0.4, 0.5) is 5.69 Å². The zero-order chi connectivity index (χ0) is 15.2. The Morgan fingerprint density at radius 2 is 1.86 bits per heavy atom. The van der Waals surface area contributed by atoms with Crippen molar-refractivity contribution in [1.82, 2.24) is 10.3 Å². The van der Waals surface area contributed by atoms with E-state index in [2.05, 4.69) is 15.6 Å². The lowest BCUT2D eigenvalue weighted by Crippen LogP contribution is -2.26. The number of anilines is 1. The highest BCUT2D eigenvalue weighted by Gasteiger charge is 2.11. The molecule has 2 rings (SSSR count). The Kier molecular flexibility index (Phi) is 4.66. The lowest BCUT2D eigenvalue weighted by molar-refractivity contribution is -0.114. The molecule has 2 amide bonds. The van der Waals surface area contributed by atoms with E-state index in [1.165, 1.54) is 6.92 Å². The van der Waals surface area contributed by atoms with E-state index in [0.717, 1.165) is 5.56 Å². The van der Waals surface area contributed by atoms with Gasteiger partial charge in [0.25, 0.3) is 5.91 Å². The molecular formula is C16H17N3O2. The third kappa shape index (κ3) is 4.14. The average molecular weight is 283 g/mol. The third-order valence-electron chi connectivity index (χ3n) is 3.00. The summed E-state index contributed by atoms with van der Waals surface area (Å²) >= 11 is 0. The molecule has 2 aromatic rings. The zero-order valence-corrected chi connectivity index (χ0v) is 12.0. The molecule has 21 heavy (non-hydrogen) atoms. The molecule has 5 nitrogen and oxygen atoms in total. The largest absolute Gasteiger partial charge is 0.346 e. The van der Waals surface area contributed by atoms with Crippen LogP contribution in [-0.4, -0.2) is 16.8 Å². The van der Waals surface area contributed by atoms with Gasteiger partial charge in [-0.3, -0.25) is 14.6 Å². The first kappa shape index (κ1) is 14.7. The van der Waals surface area contributed by atoms with Gasteiger partial charge in [0.15, 0.2) is 0 Å². The number of nitrogens with one attached hydrogen (secondary N) is 2. The topological polar surface area (TPSA) is 71.1 Å². The number of aromatic nitrogens is 1. The van der Waals surface area contributed by atoms with Gasteiger partial charge < -0.3 is 10.6 Å². The van der Waals surface area contributed by atoms with Crippen molar-refractivity contribution >= 4 is 17.5 Å². The second kappa shape index (κ2) is 6.65. The number of benzene rings is 1. The molecule has 0 radical (unpaired) electrons. The Bertz CT molecular complexity index is 641. The van der Waals surface area contributed by atoms with Crippen LogP contribution in [0.2, 0.25) is 0 Å². The van der Waals surface area contributed by atoms with E-state index in [4.69, 9.17) is 0 Å². The minimum absolute atomic E-state index is 0.120. The molecule has 0 aliphatic rings. The van der Waals surface area contributed by atoms with Crippen molar-refractivity contribution in [1.29, 1.82) is 0 Å². The number of nitrogens with zero attached hydrogens (tertiary/aromatic N) is 1. The zero-order valence-electron chi connectivity index (χ0n) is 12.0. The maximum absolute atomic E-state index is 12.2. The molecule has 0 saturated carbocycles. The number of pyridine rings is 1. The Morgan fingerprint density at radius 3 is 2.52 bits per heavy atom. The van der Waals surface area contributed by atoms with Gasteiger partial charge >= 0.3 is 0 Å². The van der Waals surface area contributed by atoms with E-state index in [0.29, 0.717) is 11.3 Å². The summed E-state index contributed by atoms with van der Waals surface area (Å²) in [4.78, 5) is 27.2. The molecule has 1 heterocycles. The number of carbonyl (C=O) groups excluding carboxylic acids is 2. The van der Waals surface area contributed by atoms with Crippen molar-refractivity contribution in [2.24, 2.45) is 0 Å². The van der Waals surface area contributed by atoms with Crippen molar-refractivity contribution in [2.75, 3.05) is 5.32 Å². The van der Waals surface area contributed by atoms with Crippen LogP contribution in [0, 0.1) is 0 Å². The number of hydrogen-bond donors (Lipinski definition) is 2. The first-order valence-electron chi connectivity index (χ1n) is 6.64. The van der Waals surface area contributed by atoms with E-state index in [9.17, 15) is 9.59 Å². The van der Waals surface area contributed by atoms with Gasteiger partial charge in [-0.25, -0.2) is 0 Å². The van der Waals surface area contributed by atoms with Crippen LogP contribution in [0.25, 0.3) is 0 Å². The molecule has 2 N–H and O–H groups in total. The van der Waals surface area contributed by atoms with Crippen LogP contribution in [0.5, 0.6) is 0 Å². The van der Waals surface area contributed by atoms with Gasteiger partial charge in [-0.15, -0.1) is 0 Å². The normalized spacial score (nSPS) is 11.5. The monoisotopic (exact) mass is 283 g/mol. The maximum atomic E-state index is 12.2. The molecule has 0 bridgehead atoms. The van der Waals surface area contributed by atoms with Gasteiger partial charge in [-0.1, -0.05) is 6.07 Å². The Balaban J connectivity index is 2.08. The molecule has 1 atom stereocenters. The lowest BCUT2D eigenvalue weighted by Gasteiger charge is -2.14. The number of hydrogen-bond acceptors (Lipinski definition) is 3. The first-order chi connectivity index (χ1) is 10.1. The van der Waals surface area contributed by atoms with E-state index in [1.54, 1.807) is 36.7 Å². The van der Waals surface area contributed by atoms with E-state index in [-0.39, 0.29) is 17.9 Å². The first-order valence-corrected chi connectivity index (χ1v) is 6.64. The molecule has 5 heteroatoms. The minimum Gasteiger partial charge on any atom is -0.346 e. The Morgan fingerprint density at radius 1 is 1.14 bits per heavy atom. The van der Waals surface area contributed by atoms with Crippen molar-refractivity contribution < 1.29 is 9.59 Å². The third-order valence-corrected chi connectivity index (χ3v) is 3.00. The van der Waals surface area contributed by atoms with Gasteiger partial charge in [-0.05, 0) is 42.8 Å². The highest BCUT2D eigenvalue weighted by Crippen LogP contribution is 2.14. The quantitative estimate of drug-likeness (QED) is 0.905. The molecule has 1 unspecified atom stereocenters. The highest BCUT2D eigenvalue weighted by atomic mass is 16.2. The SMILES string of the molecule is CC(=O)Nc1cccc(C(=O)NC(C)c2ccncc2)c1. The van der Waals surface area contributed by atoms with Crippen molar-refractivity contribution in [2.45, 2.75) is 19.9 Å². The van der Waals surface area contributed by atoms with Crippen LogP contribution in [0.1, 0.15) is 35.8 Å². The fourth-order valence-corrected chi connectivity index (χ4v) is 1.96. The summed E-state index contributed by atoms with van der Waals surface area (Å²) in [6, 6.07) is 10.4. The predicted octanol–water partition coefficient (Wildman–Crippen LogP) is 2.53. The van der Waals surface area contributed by atoms with Crippen molar-refractivity contribution in [3.05, 3.63) is 59.9 Å². The van der Waals surface area contributed by atoms with E-state index < -0.39 is 0 Å². The van der Waals surface area contributed by atoms with Gasteiger partial charge in [-0.2, -0.15) is 0 Å². The predicted molar refractivity (Wildman–Crippen MR) is 80.9 cm³/mol. The summed E-state index contributed by atoms with van der Waals surface area (Å²) < 4.78 is 0. The van der Waals surface area contributed by atoms with Gasteiger partial charge in [0.2, 0.25) is 5.91 Å². The summed E-state index contributed by atoms with van der Waals surface area (Å²) in [7, 11) is 0. The average Bonchev–Trinajstić information content (AvgIpc) is 2.47. The molecule has 0 fully saturated rings. The van der Waals surface area contributed by atoms with Gasteiger partial charge in [0.1, 0.15) is 0 Å². The van der Waals surface area contributed by atoms with E-state index >= 15 is 0 Å². The molecule has 1 aromatic heterocycles. The summed E-state index contributed by atoms with van der Waals surface area (Å²) in [5.41, 5.74) is 2.09. The fraction of sp³-hybridized carbons (Fsp3) is 0.188. The molecule has 0 aliphatic heterocycles. The minimum atomic E-state index is -0.188. The van der Waals surface area contributed by atoms with Crippen molar-refractivity contribution in [3.63, 3.8) is 0 Å². The van der Waals surface area contributed by atoms with Crippen LogP contribution < -0.4 is 10.6 Å². The summed E-state index contributed by atoms with van der Waals surface area (Å²) in [6.07, 6.45) is 3.38. The number of carbonyl (C=O) groups is 2. The molecule has 0 spiro atoms. The van der Waals surface area contributed by atoms with Gasteiger partial charge in [0.05, 0.1) is 6.04 Å². The fourth-order valence-electron chi connectivity index (χ4n) is 1.96. The highest BCUT2D eigenvalue weighted by molar-refractivity contribution is 5.96. The Hall–Kier alpha value is -2.69. The molecule has 1 aromatic carbocycles. The lowest BCUT2D eigenvalue weighted by atomic mass is 10.1. The number of amides is 2. The summed E-state index contributed by atoms with van der Waals surface area (Å²) in [5, 5.41) is 5.57. The standard InChI is InChI=1S/C16H17N3O2/c1-11(13-6-8-17-9-7-13)18-16(21)14-4-3-5-15(10-14)19-12(2)20/h3-11H,1-2H3,(H,18,21)(H,19,20). The van der Waals surface area contributed by atoms with Gasteiger partial charge in [0, 0.05) is 30.6 Å². The molecule has 0 saturated heterocycles.